The molecular weight excluding hydrogens is 302 g/mol. The molecule has 1 amide bonds. The van der Waals surface area contributed by atoms with Crippen molar-refractivity contribution >= 4 is 33.7 Å². The Kier molecular flexibility index (Phi) is 4.26. The number of hydrogen-bond acceptors (Lipinski definition) is 5. The summed E-state index contributed by atoms with van der Waals surface area (Å²) < 4.78 is 0. The molecule has 3 rings (SSSR count). The first kappa shape index (κ1) is 14.5. The number of nitrogens with zero attached hydrogens (tertiary/aromatic N) is 3. The van der Waals surface area contributed by atoms with E-state index in [0.717, 1.165) is 42.6 Å². The van der Waals surface area contributed by atoms with Crippen molar-refractivity contribution in [2.45, 2.75) is 20.3 Å². The van der Waals surface area contributed by atoms with Gasteiger partial charge in [0.05, 0.1) is 4.88 Å². The van der Waals surface area contributed by atoms with Crippen LogP contribution in [0.1, 0.15) is 27.0 Å². The van der Waals surface area contributed by atoms with E-state index in [1.54, 1.807) is 22.7 Å². The highest BCUT2D eigenvalue weighted by atomic mass is 32.1. The zero-order chi connectivity index (χ0) is 14.8. The molecule has 0 radical (unpaired) electrons. The van der Waals surface area contributed by atoms with E-state index < -0.39 is 0 Å². The Morgan fingerprint density at radius 3 is 2.67 bits per heavy atom. The van der Waals surface area contributed by atoms with Gasteiger partial charge in [0.15, 0.2) is 5.13 Å². The quantitative estimate of drug-likeness (QED) is 0.872. The number of piperazine rings is 1. The van der Waals surface area contributed by atoms with E-state index in [-0.39, 0.29) is 5.91 Å². The van der Waals surface area contributed by atoms with E-state index in [1.807, 2.05) is 16.5 Å². The highest BCUT2D eigenvalue weighted by Crippen LogP contribution is 2.25. The van der Waals surface area contributed by atoms with Crippen LogP contribution >= 0.6 is 22.7 Å². The zero-order valence-corrected chi connectivity index (χ0v) is 14.0. The summed E-state index contributed by atoms with van der Waals surface area (Å²) in [5.41, 5.74) is 1.30. The Labute approximate surface area is 133 Å². The Morgan fingerprint density at radius 2 is 2.10 bits per heavy atom. The maximum absolute atomic E-state index is 12.6. The van der Waals surface area contributed by atoms with Crippen LogP contribution in [0, 0.1) is 6.92 Å². The first-order valence-corrected chi connectivity index (χ1v) is 8.91. The molecule has 6 heteroatoms. The van der Waals surface area contributed by atoms with Gasteiger partial charge in [0.1, 0.15) is 0 Å². The van der Waals surface area contributed by atoms with Crippen LogP contribution in [0.2, 0.25) is 0 Å². The summed E-state index contributed by atoms with van der Waals surface area (Å²) in [7, 11) is 0. The van der Waals surface area contributed by atoms with Crippen molar-refractivity contribution in [1.82, 2.24) is 9.88 Å². The molecule has 0 aliphatic carbocycles. The van der Waals surface area contributed by atoms with Gasteiger partial charge in [-0.05, 0) is 25.0 Å². The molecular formula is C15H19N3OS2. The summed E-state index contributed by atoms with van der Waals surface area (Å²) in [6.45, 7) is 7.51. The molecule has 4 nitrogen and oxygen atoms in total. The van der Waals surface area contributed by atoms with E-state index in [1.165, 1.54) is 10.4 Å². The first-order valence-electron chi connectivity index (χ1n) is 7.22. The van der Waals surface area contributed by atoms with Crippen molar-refractivity contribution in [2.24, 2.45) is 0 Å². The summed E-state index contributed by atoms with van der Waals surface area (Å²) in [6, 6.07) is 2.07. The lowest BCUT2D eigenvalue weighted by Gasteiger charge is -2.34. The van der Waals surface area contributed by atoms with Gasteiger partial charge in [-0.2, -0.15) is 0 Å². The van der Waals surface area contributed by atoms with E-state index in [2.05, 4.69) is 29.8 Å². The van der Waals surface area contributed by atoms with Gasteiger partial charge in [0, 0.05) is 42.6 Å². The molecule has 1 saturated heterocycles. The van der Waals surface area contributed by atoms with Crippen molar-refractivity contribution in [3.05, 3.63) is 33.0 Å². The fourth-order valence-corrected chi connectivity index (χ4v) is 4.38. The molecule has 2 aromatic heterocycles. The zero-order valence-electron chi connectivity index (χ0n) is 12.3. The largest absolute Gasteiger partial charge is 0.345 e. The molecule has 1 aliphatic rings. The number of aromatic nitrogens is 1. The van der Waals surface area contributed by atoms with Crippen LogP contribution in [-0.4, -0.2) is 42.0 Å². The normalized spacial score (nSPS) is 15.5. The van der Waals surface area contributed by atoms with E-state index >= 15 is 0 Å². The third kappa shape index (κ3) is 2.96. The molecule has 1 aliphatic heterocycles. The smallest absolute Gasteiger partial charge is 0.264 e. The SMILES string of the molecule is CCc1cc(C(=O)N2CCN(c3nccs3)CC2)sc1C. The van der Waals surface area contributed by atoms with Gasteiger partial charge in [-0.25, -0.2) is 4.98 Å². The summed E-state index contributed by atoms with van der Waals surface area (Å²) in [4.78, 5) is 23.3. The van der Waals surface area contributed by atoms with Crippen molar-refractivity contribution < 1.29 is 4.79 Å². The Morgan fingerprint density at radius 1 is 1.33 bits per heavy atom. The van der Waals surface area contributed by atoms with Gasteiger partial charge in [0.2, 0.25) is 0 Å². The van der Waals surface area contributed by atoms with Gasteiger partial charge in [-0.3, -0.25) is 4.79 Å². The maximum atomic E-state index is 12.6. The number of anilines is 1. The summed E-state index contributed by atoms with van der Waals surface area (Å²) >= 11 is 3.28. The van der Waals surface area contributed by atoms with Crippen LogP contribution in [-0.2, 0) is 6.42 Å². The summed E-state index contributed by atoms with van der Waals surface area (Å²) in [5.74, 6) is 0.182. The van der Waals surface area contributed by atoms with Crippen molar-refractivity contribution in [1.29, 1.82) is 0 Å². The number of aryl methyl sites for hydroxylation is 2. The van der Waals surface area contributed by atoms with Crippen molar-refractivity contribution in [2.75, 3.05) is 31.1 Å². The lowest BCUT2D eigenvalue weighted by atomic mass is 10.2. The van der Waals surface area contributed by atoms with E-state index in [9.17, 15) is 4.79 Å². The number of carbonyl (C=O) groups excluding carboxylic acids is 1. The minimum atomic E-state index is 0.182. The van der Waals surface area contributed by atoms with Crippen LogP contribution in [0.3, 0.4) is 0 Å². The molecule has 112 valence electrons. The molecule has 0 saturated carbocycles. The number of thiazole rings is 1. The lowest BCUT2D eigenvalue weighted by Crippen LogP contribution is -2.48. The van der Waals surface area contributed by atoms with Crippen LogP contribution in [0.25, 0.3) is 0 Å². The van der Waals surface area contributed by atoms with Crippen molar-refractivity contribution in [3.63, 3.8) is 0 Å². The van der Waals surface area contributed by atoms with Crippen LogP contribution in [0.4, 0.5) is 5.13 Å². The third-order valence-corrected chi connectivity index (χ3v) is 5.78. The van der Waals surface area contributed by atoms with E-state index in [4.69, 9.17) is 0 Å². The third-order valence-electron chi connectivity index (χ3n) is 3.87. The second-order valence-electron chi connectivity index (χ2n) is 5.14. The molecule has 0 aromatic carbocycles. The standard InChI is InChI=1S/C15H19N3OS2/c1-3-12-10-13(21-11(12)2)14(19)17-5-7-18(8-6-17)15-16-4-9-20-15/h4,9-10H,3,5-8H2,1-2H3. The average Bonchev–Trinajstić information content (AvgIpc) is 3.16. The predicted octanol–water partition coefficient (Wildman–Crippen LogP) is 3.04. The highest BCUT2D eigenvalue weighted by Gasteiger charge is 2.24. The number of rotatable bonds is 3. The maximum Gasteiger partial charge on any atom is 0.264 e. The highest BCUT2D eigenvalue weighted by molar-refractivity contribution is 7.14. The summed E-state index contributed by atoms with van der Waals surface area (Å²) in [6.07, 6.45) is 2.83. The average molecular weight is 321 g/mol. The van der Waals surface area contributed by atoms with Gasteiger partial charge in [-0.1, -0.05) is 6.92 Å². The Hall–Kier alpha value is -1.40. The Bertz CT molecular complexity index is 613. The van der Waals surface area contributed by atoms with Crippen LogP contribution < -0.4 is 4.90 Å². The summed E-state index contributed by atoms with van der Waals surface area (Å²) in [5, 5.41) is 3.05. The van der Waals surface area contributed by atoms with E-state index in [0.29, 0.717) is 0 Å². The number of carbonyl (C=O) groups is 1. The van der Waals surface area contributed by atoms with Gasteiger partial charge in [0.25, 0.3) is 5.91 Å². The Balaban J connectivity index is 1.64. The van der Waals surface area contributed by atoms with Gasteiger partial charge in [-0.15, -0.1) is 22.7 Å². The monoisotopic (exact) mass is 321 g/mol. The number of hydrogen-bond donors (Lipinski definition) is 0. The van der Waals surface area contributed by atoms with Crippen LogP contribution in [0.15, 0.2) is 17.6 Å². The molecule has 1 fully saturated rings. The van der Waals surface area contributed by atoms with Crippen molar-refractivity contribution in [3.8, 4) is 0 Å². The molecule has 2 aromatic rings. The fraction of sp³-hybridized carbons (Fsp3) is 0.467. The molecule has 0 bridgehead atoms. The molecule has 0 atom stereocenters. The minimum Gasteiger partial charge on any atom is -0.345 e. The number of thiophene rings is 1. The fourth-order valence-electron chi connectivity index (χ4n) is 2.60. The first-order chi connectivity index (χ1) is 10.2. The molecule has 0 N–H and O–H groups in total. The minimum absolute atomic E-state index is 0.182. The lowest BCUT2D eigenvalue weighted by molar-refractivity contribution is 0.0751. The van der Waals surface area contributed by atoms with Crippen LogP contribution in [0.5, 0.6) is 0 Å². The molecule has 0 spiro atoms. The molecule has 0 unspecified atom stereocenters. The predicted molar refractivity (Wildman–Crippen MR) is 88.7 cm³/mol. The second kappa shape index (κ2) is 6.15. The number of amides is 1. The van der Waals surface area contributed by atoms with Gasteiger partial charge < -0.3 is 9.80 Å². The topological polar surface area (TPSA) is 36.4 Å². The second-order valence-corrected chi connectivity index (χ2v) is 7.27. The molecule has 3 heterocycles. The van der Waals surface area contributed by atoms with Gasteiger partial charge >= 0.3 is 0 Å². The molecule has 21 heavy (non-hydrogen) atoms.